The summed E-state index contributed by atoms with van der Waals surface area (Å²) < 4.78 is 38.3. The third-order valence-electron chi connectivity index (χ3n) is 4.11. The number of amides is 1. The van der Waals surface area contributed by atoms with E-state index in [1.54, 1.807) is 24.3 Å². The zero-order chi connectivity index (χ0) is 20.2. The fraction of sp³-hybridized carbons (Fsp3) is 0.350. The summed E-state index contributed by atoms with van der Waals surface area (Å²) in [5.74, 6) is -0.795. The van der Waals surface area contributed by atoms with Crippen LogP contribution in [0.15, 0.2) is 48.5 Å². The molecule has 0 bridgehead atoms. The van der Waals surface area contributed by atoms with Gasteiger partial charge in [-0.3, -0.25) is 9.10 Å². The molecule has 0 saturated carbocycles. The molecule has 0 heterocycles. The van der Waals surface area contributed by atoms with Crippen molar-refractivity contribution in [1.29, 1.82) is 0 Å². The van der Waals surface area contributed by atoms with Crippen LogP contribution in [0.1, 0.15) is 31.9 Å². The van der Waals surface area contributed by atoms with Crippen LogP contribution < -0.4 is 9.62 Å². The first kappa shape index (κ1) is 20.9. The van der Waals surface area contributed by atoms with Crippen LogP contribution in [-0.4, -0.2) is 27.1 Å². The molecule has 2 rings (SSSR count). The van der Waals surface area contributed by atoms with Gasteiger partial charge in [-0.2, -0.15) is 0 Å². The van der Waals surface area contributed by atoms with Crippen LogP contribution in [0, 0.1) is 5.82 Å². The minimum Gasteiger partial charge on any atom is -0.350 e. The van der Waals surface area contributed by atoms with Crippen molar-refractivity contribution >= 4 is 21.6 Å². The van der Waals surface area contributed by atoms with E-state index >= 15 is 0 Å². The second-order valence-corrected chi connectivity index (χ2v) is 9.38. The molecule has 0 atom stereocenters. The maximum absolute atomic E-state index is 12.9. The minimum atomic E-state index is -3.63. The van der Waals surface area contributed by atoms with Gasteiger partial charge in [-0.1, -0.05) is 45.0 Å². The van der Waals surface area contributed by atoms with E-state index in [-0.39, 0.29) is 24.3 Å². The summed E-state index contributed by atoms with van der Waals surface area (Å²) in [7, 11) is -3.63. The van der Waals surface area contributed by atoms with Crippen molar-refractivity contribution in [3.05, 3.63) is 65.5 Å². The van der Waals surface area contributed by atoms with Crippen LogP contribution in [0.2, 0.25) is 0 Å². The van der Waals surface area contributed by atoms with Gasteiger partial charge >= 0.3 is 0 Å². The topological polar surface area (TPSA) is 66.5 Å². The summed E-state index contributed by atoms with van der Waals surface area (Å²) in [5, 5.41) is 2.66. The Balaban J connectivity index is 2.10. The Hall–Kier alpha value is -2.41. The van der Waals surface area contributed by atoms with Crippen LogP contribution in [0.4, 0.5) is 10.1 Å². The monoisotopic (exact) mass is 392 g/mol. The van der Waals surface area contributed by atoms with Crippen molar-refractivity contribution in [2.24, 2.45) is 0 Å². The molecule has 27 heavy (non-hydrogen) atoms. The van der Waals surface area contributed by atoms with E-state index in [1.807, 2.05) is 12.1 Å². The predicted octanol–water partition coefficient (Wildman–Crippen LogP) is 3.21. The number of benzene rings is 2. The first-order valence-electron chi connectivity index (χ1n) is 8.56. The van der Waals surface area contributed by atoms with Crippen molar-refractivity contribution in [1.82, 2.24) is 5.32 Å². The minimum absolute atomic E-state index is 0.0546. The third-order valence-corrected chi connectivity index (χ3v) is 5.25. The molecule has 146 valence electrons. The Bertz CT molecular complexity index is 886. The molecular formula is C20H25FN2O3S. The highest BCUT2D eigenvalue weighted by Crippen LogP contribution is 2.25. The zero-order valence-corrected chi connectivity index (χ0v) is 16.8. The molecule has 5 nitrogen and oxygen atoms in total. The third kappa shape index (κ3) is 6.06. The standard InChI is InChI=1S/C20H25FN2O3S/c1-20(2,3)16-7-11-18(12-8-16)23(27(4,25)26)14-19(24)22-13-15-5-9-17(21)10-6-15/h5-12H,13-14H2,1-4H3,(H,22,24). The molecule has 0 saturated heterocycles. The van der Waals surface area contributed by atoms with E-state index < -0.39 is 15.9 Å². The normalized spacial score (nSPS) is 11.9. The number of halogens is 1. The SMILES string of the molecule is CC(C)(C)c1ccc(N(CC(=O)NCc2ccc(F)cc2)S(C)(=O)=O)cc1. The van der Waals surface area contributed by atoms with Gasteiger partial charge in [0.15, 0.2) is 0 Å². The van der Waals surface area contributed by atoms with Gasteiger partial charge < -0.3 is 5.32 Å². The second kappa shape index (κ2) is 8.08. The lowest BCUT2D eigenvalue weighted by Gasteiger charge is -2.24. The summed E-state index contributed by atoms with van der Waals surface area (Å²) in [6, 6.07) is 12.9. The highest BCUT2D eigenvalue weighted by molar-refractivity contribution is 7.92. The van der Waals surface area contributed by atoms with Crippen LogP contribution in [0.5, 0.6) is 0 Å². The lowest BCUT2D eigenvalue weighted by atomic mass is 9.87. The molecule has 7 heteroatoms. The van der Waals surface area contributed by atoms with Crippen molar-refractivity contribution in [2.75, 3.05) is 17.1 Å². The highest BCUT2D eigenvalue weighted by atomic mass is 32.2. The molecule has 0 fully saturated rings. The summed E-state index contributed by atoms with van der Waals surface area (Å²) in [6.45, 7) is 6.08. The smallest absolute Gasteiger partial charge is 0.241 e. The van der Waals surface area contributed by atoms with E-state index in [9.17, 15) is 17.6 Å². The fourth-order valence-electron chi connectivity index (χ4n) is 2.52. The number of sulfonamides is 1. The number of rotatable bonds is 6. The van der Waals surface area contributed by atoms with Gasteiger partial charge in [0.05, 0.1) is 11.9 Å². The Morgan fingerprint density at radius 3 is 2.07 bits per heavy atom. The van der Waals surface area contributed by atoms with Gasteiger partial charge in [0.25, 0.3) is 0 Å². The van der Waals surface area contributed by atoms with E-state index in [0.29, 0.717) is 5.69 Å². The zero-order valence-electron chi connectivity index (χ0n) is 16.0. The van der Waals surface area contributed by atoms with Crippen LogP contribution in [-0.2, 0) is 26.8 Å². The highest BCUT2D eigenvalue weighted by Gasteiger charge is 2.22. The van der Waals surface area contributed by atoms with Gasteiger partial charge in [-0.25, -0.2) is 12.8 Å². The molecule has 1 amide bonds. The van der Waals surface area contributed by atoms with Crippen molar-refractivity contribution in [3.63, 3.8) is 0 Å². The molecule has 2 aromatic carbocycles. The number of carbonyl (C=O) groups excluding carboxylic acids is 1. The fourth-order valence-corrected chi connectivity index (χ4v) is 3.37. The molecule has 0 aliphatic rings. The molecule has 0 aliphatic heterocycles. The number of anilines is 1. The lowest BCUT2D eigenvalue weighted by molar-refractivity contribution is -0.119. The summed E-state index contributed by atoms with van der Waals surface area (Å²) in [6.07, 6.45) is 1.07. The molecule has 0 aliphatic carbocycles. The first-order chi connectivity index (χ1) is 12.5. The summed E-state index contributed by atoms with van der Waals surface area (Å²) >= 11 is 0. The van der Waals surface area contributed by atoms with Crippen LogP contribution in [0.3, 0.4) is 0 Å². The van der Waals surface area contributed by atoms with Gasteiger partial charge in [-0.15, -0.1) is 0 Å². The molecule has 0 aromatic heterocycles. The molecule has 0 radical (unpaired) electrons. The van der Waals surface area contributed by atoms with E-state index in [2.05, 4.69) is 26.1 Å². The van der Waals surface area contributed by atoms with E-state index in [1.165, 1.54) is 12.1 Å². The van der Waals surface area contributed by atoms with Crippen molar-refractivity contribution < 1.29 is 17.6 Å². The quantitative estimate of drug-likeness (QED) is 0.821. The largest absolute Gasteiger partial charge is 0.350 e. The number of carbonyl (C=O) groups is 1. The summed E-state index contributed by atoms with van der Waals surface area (Å²) in [5.41, 5.74) is 2.18. The summed E-state index contributed by atoms with van der Waals surface area (Å²) in [4.78, 5) is 12.2. The Morgan fingerprint density at radius 2 is 1.59 bits per heavy atom. The molecule has 0 unspecified atom stereocenters. The lowest BCUT2D eigenvalue weighted by Crippen LogP contribution is -2.40. The van der Waals surface area contributed by atoms with E-state index in [0.717, 1.165) is 21.7 Å². The van der Waals surface area contributed by atoms with E-state index in [4.69, 9.17) is 0 Å². The van der Waals surface area contributed by atoms with Crippen molar-refractivity contribution in [2.45, 2.75) is 32.7 Å². The Morgan fingerprint density at radius 1 is 1.04 bits per heavy atom. The first-order valence-corrected chi connectivity index (χ1v) is 10.4. The number of hydrogen-bond donors (Lipinski definition) is 1. The maximum atomic E-state index is 12.9. The van der Waals surface area contributed by atoms with Crippen LogP contribution in [0.25, 0.3) is 0 Å². The Labute approximate surface area is 160 Å². The Kier molecular flexibility index (Phi) is 6.26. The van der Waals surface area contributed by atoms with Gasteiger partial charge in [0, 0.05) is 6.54 Å². The molecule has 1 N–H and O–H groups in total. The number of nitrogens with zero attached hydrogens (tertiary/aromatic N) is 1. The molecule has 2 aromatic rings. The second-order valence-electron chi connectivity index (χ2n) is 7.47. The van der Waals surface area contributed by atoms with Gasteiger partial charge in [-0.05, 0) is 40.8 Å². The number of nitrogens with one attached hydrogen (secondary N) is 1. The molecule has 0 spiro atoms. The predicted molar refractivity (Wildman–Crippen MR) is 106 cm³/mol. The van der Waals surface area contributed by atoms with Gasteiger partial charge in [0.1, 0.15) is 12.4 Å². The van der Waals surface area contributed by atoms with Gasteiger partial charge in [0.2, 0.25) is 15.9 Å². The maximum Gasteiger partial charge on any atom is 0.241 e. The number of hydrogen-bond acceptors (Lipinski definition) is 3. The van der Waals surface area contributed by atoms with Crippen molar-refractivity contribution in [3.8, 4) is 0 Å². The average Bonchev–Trinajstić information content (AvgIpc) is 2.57. The average molecular weight is 392 g/mol. The molecular weight excluding hydrogens is 367 g/mol. The van der Waals surface area contributed by atoms with Crippen LogP contribution >= 0.6 is 0 Å².